The molecule has 3 nitrogen and oxygen atoms in total. The summed E-state index contributed by atoms with van der Waals surface area (Å²) in [6.07, 6.45) is 0. The summed E-state index contributed by atoms with van der Waals surface area (Å²) >= 11 is 3.86. The third-order valence-electron chi connectivity index (χ3n) is 11.4. The highest BCUT2D eigenvalue weighted by Crippen LogP contribution is 2.51. The van der Waals surface area contributed by atoms with E-state index in [4.69, 9.17) is 4.42 Å². The van der Waals surface area contributed by atoms with E-state index in [1.54, 1.807) is 0 Å². The maximum atomic E-state index is 6.86. The molecular weight excluding hydrogens is 797 g/mol. The quantitative estimate of drug-likeness (QED) is 0.152. The van der Waals surface area contributed by atoms with Gasteiger partial charge in [-0.3, -0.25) is 0 Å². The van der Waals surface area contributed by atoms with E-state index in [1.165, 1.54) is 11.1 Å². The van der Waals surface area contributed by atoms with E-state index < -0.39 is 0 Å². The molecule has 9 rings (SSSR count). The Morgan fingerprint density at radius 2 is 0.917 bits per heavy atom. The van der Waals surface area contributed by atoms with E-state index in [-0.39, 0.29) is 10.8 Å². The molecule has 0 atom stereocenters. The molecule has 1 aromatic heterocycles. The van der Waals surface area contributed by atoms with Crippen LogP contribution in [0.2, 0.25) is 0 Å². The van der Waals surface area contributed by atoms with Crippen molar-refractivity contribution in [3.63, 3.8) is 0 Å². The minimum atomic E-state index is 0.0299. The van der Waals surface area contributed by atoms with Crippen molar-refractivity contribution in [2.24, 2.45) is 0 Å². The predicted octanol–water partition coefficient (Wildman–Crippen LogP) is 17.2. The van der Waals surface area contributed by atoms with Crippen molar-refractivity contribution in [1.82, 2.24) is 0 Å². The van der Waals surface area contributed by atoms with Crippen molar-refractivity contribution in [1.29, 1.82) is 0 Å². The maximum Gasteiger partial charge on any atom is 0.139 e. The van der Waals surface area contributed by atoms with Crippen LogP contribution in [0, 0.1) is 0 Å². The lowest BCUT2D eigenvalue weighted by Crippen LogP contribution is -2.15. The Morgan fingerprint density at radius 3 is 1.45 bits per heavy atom. The lowest BCUT2D eigenvalue weighted by atomic mass is 9.85. The van der Waals surface area contributed by atoms with Gasteiger partial charge in [-0.25, -0.2) is 0 Å². The number of nitrogens with zero attached hydrogens (tertiary/aromatic N) is 2. The first-order chi connectivity index (χ1) is 28.9. The zero-order valence-electron chi connectivity index (χ0n) is 35.1. The summed E-state index contributed by atoms with van der Waals surface area (Å²) in [7, 11) is 0. The zero-order valence-corrected chi connectivity index (χ0v) is 36.7. The normalized spacial score (nSPS) is 11.9. The van der Waals surface area contributed by atoms with Gasteiger partial charge in [0.15, 0.2) is 0 Å². The highest BCUT2D eigenvalue weighted by molar-refractivity contribution is 9.10. The molecule has 0 saturated heterocycles. The van der Waals surface area contributed by atoms with Crippen molar-refractivity contribution in [2.75, 3.05) is 9.80 Å². The van der Waals surface area contributed by atoms with Crippen LogP contribution in [0.5, 0.6) is 0 Å². The Morgan fingerprint density at radius 1 is 0.417 bits per heavy atom. The summed E-state index contributed by atoms with van der Waals surface area (Å²) in [4.78, 5) is 4.78. The van der Waals surface area contributed by atoms with Gasteiger partial charge < -0.3 is 14.2 Å². The number of furan rings is 1. The first kappa shape index (κ1) is 39.1. The van der Waals surface area contributed by atoms with Gasteiger partial charge in [-0.05, 0) is 87.7 Å². The summed E-state index contributed by atoms with van der Waals surface area (Å²) in [5.74, 6) is 0. The second-order valence-corrected chi connectivity index (χ2v) is 18.5. The van der Waals surface area contributed by atoms with Crippen LogP contribution in [0.4, 0.5) is 34.1 Å². The highest BCUT2D eigenvalue weighted by Gasteiger charge is 2.27. The van der Waals surface area contributed by atoms with E-state index in [1.807, 2.05) is 6.07 Å². The number of rotatable bonds is 8. The summed E-state index contributed by atoms with van der Waals surface area (Å²) in [5, 5.41) is 2.12. The molecule has 60 heavy (non-hydrogen) atoms. The standard InChI is InChI=1S/C56H49BrN2O/c1-55(2,3)40-31-27-38(28-32-40)47-24-16-25-48(39-29-33-41(34-30-39)56(4,5)6)54(47)59(45-22-15-17-42(57)35-45)46-36-50(53-49-23-13-14-26-51(49)60-52(53)37-46)58(43-18-9-7-10-19-43)44-20-11-8-12-21-44/h7-37H,1-6H3. The molecule has 8 aromatic carbocycles. The third-order valence-corrected chi connectivity index (χ3v) is 11.9. The highest BCUT2D eigenvalue weighted by atomic mass is 79.9. The second-order valence-electron chi connectivity index (χ2n) is 17.6. The summed E-state index contributed by atoms with van der Waals surface area (Å²) in [5.41, 5.74) is 15.1. The minimum Gasteiger partial charge on any atom is -0.456 e. The van der Waals surface area contributed by atoms with Crippen LogP contribution in [0.1, 0.15) is 52.7 Å². The Labute approximate surface area is 362 Å². The molecule has 0 fully saturated rings. The van der Waals surface area contributed by atoms with Crippen LogP contribution in [-0.4, -0.2) is 0 Å². The number of hydrogen-bond donors (Lipinski definition) is 0. The smallest absolute Gasteiger partial charge is 0.139 e. The number of benzene rings is 8. The molecule has 0 unspecified atom stereocenters. The Bertz CT molecular complexity index is 2820. The van der Waals surface area contributed by atoms with Crippen molar-refractivity contribution in [2.45, 2.75) is 52.4 Å². The van der Waals surface area contributed by atoms with Crippen LogP contribution < -0.4 is 9.80 Å². The zero-order chi connectivity index (χ0) is 41.6. The number of fused-ring (bicyclic) bond motifs is 3. The topological polar surface area (TPSA) is 19.6 Å². The lowest BCUT2D eigenvalue weighted by Gasteiger charge is -2.32. The van der Waals surface area contributed by atoms with Gasteiger partial charge in [0.1, 0.15) is 11.2 Å². The maximum absolute atomic E-state index is 6.86. The Kier molecular flexibility index (Phi) is 10.2. The first-order valence-electron chi connectivity index (χ1n) is 20.7. The molecule has 0 bridgehead atoms. The van der Waals surface area contributed by atoms with Gasteiger partial charge in [-0.1, -0.05) is 185 Å². The Hall–Kier alpha value is -6.36. The fourth-order valence-corrected chi connectivity index (χ4v) is 8.66. The van der Waals surface area contributed by atoms with E-state index in [0.29, 0.717) is 0 Å². The molecule has 9 aromatic rings. The van der Waals surface area contributed by atoms with Gasteiger partial charge in [0.05, 0.1) is 22.4 Å². The van der Waals surface area contributed by atoms with Gasteiger partial charge in [0.2, 0.25) is 0 Å². The van der Waals surface area contributed by atoms with E-state index in [0.717, 1.165) is 82.8 Å². The number of halogens is 1. The first-order valence-corrected chi connectivity index (χ1v) is 21.5. The lowest BCUT2D eigenvalue weighted by molar-refractivity contribution is 0.590. The van der Waals surface area contributed by atoms with Crippen LogP contribution in [0.25, 0.3) is 44.2 Å². The third kappa shape index (κ3) is 7.53. The molecule has 0 radical (unpaired) electrons. The summed E-state index contributed by atoms with van der Waals surface area (Å²) < 4.78 is 7.85. The molecule has 0 aliphatic carbocycles. The van der Waals surface area contributed by atoms with Crippen LogP contribution >= 0.6 is 15.9 Å². The molecule has 4 heteroatoms. The van der Waals surface area contributed by atoms with Gasteiger partial charge in [0, 0.05) is 44.1 Å². The number of para-hydroxylation sites is 4. The van der Waals surface area contributed by atoms with E-state index >= 15 is 0 Å². The van der Waals surface area contributed by atoms with Crippen molar-refractivity contribution in [3.8, 4) is 22.3 Å². The molecule has 0 amide bonds. The van der Waals surface area contributed by atoms with Crippen LogP contribution in [-0.2, 0) is 10.8 Å². The SMILES string of the molecule is CC(C)(C)c1ccc(-c2cccc(-c3ccc(C(C)(C)C)cc3)c2N(c2cccc(Br)c2)c2cc(N(c3ccccc3)c3ccccc3)c3c(c2)oc2ccccc23)cc1. The molecule has 0 aliphatic rings. The predicted molar refractivity (Wildman–Crippen MR) is 259 cm³/mol. The molecule has 296 valence electrons. The molecule has 0 aliphatic heterocycles. The van der Waals surface area contributed by atoms with Crippen LogP contribution in [0.3, 0.4) is 0 Å². The van der Waals surface area contributed by atoms with Crippen molar-refractivity contribution < 1.29 is 4.42 Å². The fourth-order valence-electron chi connectivity index (χ4n) is 8.28. The summed E-state index contributed by atoms with van der Waals surface area (Å²) in [6.45, 7) is 13.6. The summed E-state index contributed by atoms with van der Waals surface area (Å²) in [6, 6.07) is 67.8. The molecule has 0 N–H and O–H groups in total. The van der Waals surface area contributed by atoms with E-state index in [2.05, 4.69) is 249 Å². The molecular formula is C56H49BrN2O. The largest absolute Gasteiger partial charge is 0.456 e. The number of hydrogen-bond acceptors (Lipinski definition) is 3. The van der Waals surface area contributed by atoms with Gasteiger partial charge in [-0.2, -0.15) is 0 Å². The average molecular weight is 846 g/mol. The number of anilines is 6. The molecule has 0 spiro atoms. The average Bonchev–Trinajstić information content (AvgIpc) is 3.63. The monoisotopic (exact) mass is 844 g/mol. The van der Waals surface area contributed by atoms with Gasteiger partial charge in [0.25, 0.3) is 0 Å². The molecule has 0 saturated carbocycles. The Balaban J connectivity index is 1.39. The van der Waals surface area contributed by atoms with Crippen molar-refractivity contribution >= 4 is 72.0 Å². The fraction of sp³-hybridized carbons (Fsp3) is 0.143. The van der Waals surface area contributed by atoms with Crippen molar-refractivity contribution in [3.05, 3.63) is 204 Å². The molecule has 1 heterocycles. The van der Waals surface area contributed by atoms with Gasteiger partial charge in [-0.15, -0.1) is 0 Å². The second kappa shape index (κ2) is 15.7. The van der Waals surface area contributed by atoms with Gasteiger partial charge >= 0.3 is 0 Å². The van der Waals surface area contributed by atoms with Crippen LogP contribution in [0.15, 0.2) is 197 Å². The minimum absolute atomic E-state index is 0.0299. The van der Waals surface area contributed by atoms with E-state index in [9.17, 15) is 0 Å².